The average molecular weight is 672 g/mol. The number of hydrogen-bond donors (Lipinski definition) is 1. The molecule has 4 amide bonds. The maximum Gasteiger partial charge on any atom is 0.301 e. The van der Waals surface area contributed by atoms with Gasteiger partial charge in [-0.15, -0.1) is 23.2 Å². The molecule has 6 rings (SSSR count). The number of phenols is 1. The third-order valence-electron chi connectivity index (χ3n) is 9.72. The SMILES string of the molecule is Cc1cc(C2C3=CCC4C(=O)N(c5cc([N+](=O)[O-])c(N(C)C)c([N+](=O)[O-])c5)C(=O)C4C3CC3(Cl)C(=O)N(C)C(=O)C23Cl)ccc1O. The fourth-order valence-corrected chi connectivity index (χ4v) is 8.71. The van der Waals surface area contributed by atoms with Gasteiger partial charge in [0.15, 0.2) is 15.4 Å². The van der Waals surface area contributed by atoms with E-state index >= 15 is 0 Å². The lowest BCUT2D eigenvalue weighted by molar-refractivity contribution is -0.392. The number of allylic oxidation sites excluding steroid dienone is 2. The molecule has 6 unspecified atom stereocenters. The number of alkyl halides is 2. The van der Waals surface area contributed by atoms with E-state index in [0.29, 0.717) is 16.7 Å². The van der Waals surface area contributed by atoms with E-state index in [1.807, 2.05) is 0 Å². The number of benzene rings is 2. The Morgan fingerprint density at radius 2 is 1.57 bits per heavy atom. The molecule has 6 atom stereocenters. The molecule has 1 saturated carbocycles. The van der Waals surface area contributed by atoms with Gasteiger partial charge in [-0.1, -0.05) is 23.8 Å². The molecule has 2 saturated heterocycles. The Morgan fingerprint density at radius 1 is 0.957 bits per heavy atom. The van der Waals surface area contributed by atoms with E-state index in [1.165, 1.54) is 32.1 Å². The molecule has 0 bridgehead atoms. The highest BCUT2D eigenvalue weighted by Crippen LogP contribution is 2.65. The summed E-state index contributed by atoms with van der Waals surface area (Å²) in [5.74, 6) is -7.04. The van der Waals surface area contributed by atoms with Crippen LogP contribution in [0.15, 0.2) is 42.0 Å². The molecule has 1 N–H and O–H groups in total. The number of aromatic hydroxyl groups is 1. The number of nitrogens with zero attached hydrogens (tertiary/aromatic N) is 5. The van der Waals surface area contributed by atoms with Gasteiger partial charge in [0, 0.05) is 39.2 Å². The van der Waals surface area contributed by atoms with Crippen LogP contribution >= 0.6 is 23.2 Å². The molecule has 2 aliphatic carbocycles. The van der Waals surface area contributed by atoms with E-state index < -0.39 is 78.3 Å². The summed E-state index contributed by atoms with van der Waals surface area (Å²) in [6, 6.07) is 6.50. The molecule has 0 radical (unpaired) electrons. The van der Waals surface area contributed by atoms with Crippen LogP contribution < -0.4 is 9.80 Å². The number of carbonyl (C=O) groups is 4. The van der Waals surface area contributed by atoms with Crippen LogP contribution in [-0.2, 0) is 19.2 Å². The van der Waals surface area contributed by atoms with Crippen molar-refractivity contribution in [1.29, 1.82) is 0 Å². The van der Waals surface area contributed by atoms with Crippen molar-refractivity contribution in [2.24, 2.45) is 17.8 Å². The molecule has 240 valence electrons. The highest BCUT2D eigenvalue weighted by molar-refractivity contribution is 6.53. The third-order valence-corrected chi connectivity index (χ3v) is 11.1. The lowest BCUT2D eigenvalue weighted by Crippen LogP contribution is -2.60. The molecule has 46 heavy (non-hydrogen) atoms. The minimum atomic E-state index is -2.03. The number of anilines is 2. The molecular formula is C30H27Cl2N5O9. The molecule has 2 heterocycles. The summed E-state index contributed by atoms with van der Waals surface area (Å²) >= 11 is 14.3. The Balaban J connectivity index is 1.51. The Morgan fingerprint density at radius 3 is 2.11 bits per heavy atom. The van der Waals surface area contributed by atoms with Crippen molar-refractivity contribution in [1.82, 2.24) is 4.90 Å². The van der Waals surface area contributed by atoms with Crippen molar-refractivity contribution in [3.63, 3.8) is 0 Å². The molecule has 2 aromatic carbocycles. The number of imide groups is 2. The molecule has 16 heteroatoms. The van der Waals surface area contributed by atoms with E-state index in [4.69, 9.17) is 23.2 Å². The molecule has 4 aliphatic rings. The van der Waals surface area contributed by atoms with Gasteiger partial charge in [-0.3, -0.25) is 44.3 Å². The number of nitro groups is 2. The molecule has 0 spiro atoms. The molecular weight excluding hydrogens is 645 g/mol. The maximum atomic E-state index is 14.3. The van der Waals surface area contributed by atoms with E-state index in [-0.39, 0.29) is 30.0 Å². The maximum absolute atomic E-state index is 14.3. The van der Waals surface area contributed by atoms with Crippen LogP contribution in [0.3, 0.4) is 0 Å². The van der Waals surface area contributed by atoms with Crippen LogP contribution in [0.4, 0.5) is 22.7 Å². The summed E-state index contributed by atoms with van der Waals surface area (Å²) in [6.07, 6.45) is 1.45. The van der Waals surface area contributed by atoms with E-state index in [2.05, 4.69) is 0 Å². The minimum Gasteiger partial charge on any atom is -0.508 e. The highest BCUT2D eigenvalue weighted by Gasteiger charge is 2.76. The van der Waals surface area contributed by atoms with Crippen LogP contribution in [0.1, 0.15) is 29.9 Å². The molecule has 14 nitrogen and oxygen atoms in total. The zero-order valence-electron chi connectivity index (χ0n) is 24.9. The monoisotopic (exact) mass is 671 g/mol. The van der Waals surface area contributed by atoms with E-state index in [9.17, 15) is 44.5 Å². The van der Waals surface area contributed by atoms with Gasteiger partial charge in [-0.25, -0.2) is 4.90 Å². The van der Waals surface area contributed by atoms with Crippen LogP contribution in [-0.4, -0.2) is 74.4 Å². The first-order valence-electron chi connectivity index (χ1n) is 14.2. The first-order valence-corrected chi connectivity index (χ1v) is 14.9. The van der Waals surface area contributed by atoms with Gasteiger partial charge in [0.1, 0.15) is 5.75 Å². The lowest BCUT2D eigenvalue weighted by Gasteiger charge is -2.50. The summed E-state index contributed by atoms with van der Waals surface area (Å²) in [5.41, 5.74) is -0.563. The lowest BCUT2D eigenvalue weighted by atomic mass is 9.56. The second-order valence-corrected chi connectivity index (χ2v) is 13.5. The zero-order valence-corrected chi connectivity index (χ0v) is 26.4. The first-order chi connectivity index (χ1) is 21.5. The Labute approximate surface area is 271 Å². The van der Waals surface area contributed by atoms with Crippen molar-refractivity contribution in [2.75, 3.05) is 30.9 Å². The van der Waals surface area contributed by atoms with Gasteiger partial charge in [-0.2, -0.15) is 0 Å². The van der Waals surface area contributed by atoms with Crippen molar-refractivity contribution < 1.29 is 34.1 Å². The minimum absolute atomic E-state index is 0.0174. The summed E-state index contributed by atoms with van der Waals surface area (Å²) in [5, 5.41) is 34.2. The predicted octanol–water partition coefficient (Wildman–Crippen LogP) is 3.78. The normalized spacial score (nSPS) is 30.2. The molecule has 2 aliphatic heterocycles. The summed E-state index contributed by atoms with van der Waals surface area (Å²) in [6.45, 7) is 1.64. The van der Waals surface area contributed by atoms with Gasteiger partial charge in [0.25, 0.3) is 11.8 Å². The molecule has 3 fully saturated rings. The number of fused-ring (bicyclic) bond motifs is 4. The topological polar surface area (TPSA) is 185 Å². The number of likely N-dealkylation sites (tertiary alicyclic amines) is 1. The first kappa shape index (κ1) is 31.4. The Hall–Kier alpha value is -4.56. The Bertz CT molecular complexity index is 1810. The predicted molar refractivity (Wildman–Crippen MR) is 165 cm³/mol. The van der Waals surface area contributed by atoms with Crippen molar-refractivity contribution in [3.05, 3.63) is 73.3 Å². The molecule has 2 aromatic rings. The fraction of sp³-hybridized carbons (Fsp3) is 0.400. The second kappa shape index (κ2) is 10.2. The number of amides is 4. The fourth-order valence-electron chi connectivity index (χ4n) is 7.69. The van der Waals surface area contributed by atoms with E-state index in [0.717, 1.165) is 21.9 Å². The smallest absolute Gasteiger partial charge is 0.301 e. The number of halogens is 2. The van der Waals surface area contributed by atoms with Crippen molar-refractivity contribution in [3.8, 4) is 5.75 Å². The van der Waals surface area contributed by atoms with E-state index in [1.54, 1.807) is 25.1 Å². The van der Waals surface area contributed by atoms with Gasteiger partial charge in [0.2, 0.25) is 11.8 Å². The second-order valence-electron chi connectivity index (χ2n) is 12.3. The van der Waals surface area contributed by atoms with Gasteiger partial charge >= 0.3 is 11.4 Å². The standard InChI is InChI=1S/C30H27Cl2N5O9/c1-13-9-14(5-8-21(13)38)23-16-6-7-17-22(18(16)12-29(31)27(41)34(4)28(42)30(23,29)32)26(40)35(25(17)39)15-10-19(36(43)44)24(33(2)3)20(11-15)37(45)46/h5-6,8-11,17-18,22-23,38H,7,12H2,1-4H3. The van der Waals surface area contributed by atoms with Crippen molar-refractivity contribution in [2.45, 2.75) is 35.4 Å². The average Bonchev–Trinajstić information content (AvgIpc) is 3.32. The highest BCUT2D eigenvalue weighted by atomic mass is 35.5. The number of nitro benzene ring substituents is 2. The van der Waals surface area contributed by atoms with Crippen LogP contribution in [0.25, 0.3) is 0 Å². The zero-order chi connectivity index (χ0) is 33.8. The Kier molecular flexibility index (Phi) is 6.98. The number of rotatable bonds is 5. The number of phenolic OH excluding ortho intramolecular Hbond substituents is 1. The van der Waals surface area contributed by atoms with Gasteiger partial charge < -0.3 is 10.0 Å². The largest absolute Gasteiger partial charge is 0.508 e. The third kappa shape index (κ3) is 3.95. The summed E-state index contributed by atoms with van der Waals surface area (Å²) < 4.78 is 0. The number of carbonyl (C=O) groups excluding carboxylic acids is 4. The van der Waals surface area contributed by atoms with Crippen molar-refractivity contribution >= 4 is 69.6 Å². The summed E-state index contributed by atoms with van der Waals surface area (Å²) in [4.78, 5) is 76.5. The van der Waals surface area contributed by atoms with Crippen LogP contribution in [0, 0.1) is 44.9 Å². The van der Waals surface area contributed by atoms with Crippen LogP contribution in [0.2, 0.25) is 0 Å². The number of aryl methyl sites for hydroxylation is 1. The number of hydrogen-bond acceptors (Lipinski definition) is 10. The summed E-state index contributed by atoms with van der Waals surface area (Å²) in [7, 11) is 4.05. The van der Waals surface area contributed by atoms with Gasteiger partial charge in [-0.05, 0) is 42.9 Å². The quantitative estimate of drug-likeness (QED) is 0.161. The molecule has 0 aromatic heterocycles. The van der Waals surface area contributed by atoms with Crippen LogP contribution in [0.5, 0.6) is 5.75 Å². The van der Waals surface area contributed by atoms with Gasteiger partial charge in [0.05, 0.1) is 27.4 Å².